The highest BCUT2D eigenvalue weighted by molar-refractivity contribution is 5.79. The number of carbonyl (C=O) groups excluding carboxylic acids is 1. The van der Waals surface area contributed by atoms with Crippen LogP contribution >= 0.6 is 0 Å². The number of rotatable bonds is 5. The van der Waals surface area contributed by atoms with Crippen LogP contribution in [0.3, 0.4) is 0 Å². The Bertz CT molecular complexity index is 1180. The molecule has 4 rings (SSSR count). The van der Waals surface area contributed by atoms with Crippen molar-refractivity contribution in [3.63, 3.8) is 0 Å². The maximum absolute atomic E-state index is 13.3. The number of benzene rings is 1. The molecule has 2 aromatic heterocycles. The van der Waals surface area contributed by atoms with Crippen LogP contribution in [0, 0.1) is 18.7 Å². The second-order valence-electron chi connectivity index (χ2n) is 8.39. The van der Waals surface area contributed by atoms with Gasteiger partial charge in [0.15, 0.2) is 0 Å². The van der Waals surface area contributed by atoms with E-state index in [2.05, 4.69) is 15.1 Å². The van der Waals surface area contributed by atoms with Gasteiger partial charge >= 0.3 is 0 Å². The summed E-state index contributed by atoms with van der Waals surface area (Å²) in [4.78, 5) is 35.4. The van der Waals surface area contributed by atoms with Crippen molar-refractivity contribution in [2.75, 3.05) is 6.54 Å². The van der Waals surface area contributed by atoms with Gasteiger partial charge in [-0.3, -0.25) is 14.3 Å². The highest BCUT2D eigenvalue weighted by atomic mass is 19.1. The number of aromatic amines is 1. The third kappa shape index (κ3) is 4.49. The molecule has 32 heavy (non-hydrogen) atoms. The topological polar surface area (TPSA) is 83.9 Å². The van der Waals surface area contributed by atoms with Crippen molar-refractivity contribution in [2.45, 2.75) is 46.1 Å². The molecule has 0 spiro atoms. The van der Waals surface area contributed by atoms with Gasteiger partial charge in [-0.2, -0.15) is 5.10 Å². The summed E-state index contributed by atoms with van der Waals surface area (Å²) >= 11 is 0. The minimum atomic E-state index is -0.339. The van der Waals surface area contributed by atoms with Crippen molar-refractivity contribution in [3.8, 4) is 11.4 Å². The Balaban J connectivity index is 1.52. The Morgan fingerprint density at radius 3 is 2.62 bits per heavy atom. The van der Waals surface area contributed by atoms with Gasteiger partial charge in [0.25, 0.3) is 5.56 Å². The molecule has 168 valence electrons. The molecule has 2 heterocycles. The molecule has 1 aliphatic rings. The van der Waals surface area contributed by atoms with Gasteiger partial charge in [0, 0.05) is 48.9 Å². The predicted molar refractivity (Wildman–Crippen MR) is 119 cm³/mol. The monoisotopic (exact) mass is 437 g/mol. The predicted octanol–water partition coefficient (Wildman–Crippen LogP) is 3.16. The molecule has 1 aliphatic carbocycles. The molecule has 0 saturated carbocycles. The lowest BCUT2D eigenvalue weighted by atomic mass is 9.97. The van der Waals surface area contributed by atoms with Crippen LogP contribution in [0.25, 0.3) is 11.4 Å². The van der Waals surface area contributed by atoms with Crippen molar-refractivity contribution in [1.29, 1.82) is 0 Å². The summed E-state index contributed by atoms with van der Waals surface area (Å²) in [6.45, 7) is 5.08. The van der Waals surface area contributed by atoms with Crippen molar-refractivity contribution >= 4 is 5.91 Å². The molecule has 8 heteroatoms. The van der Waals surface area contributed by atoms with E-state index in [4.69, 9.17) is 0 Å². The van der Waals surface area contributed by atoms with E-state index in [-0.39, 0.29) is 23.2 Å². The standard InChI is InChI=1S/C24H28FN5O2/c1-4-30(14-18-13-29(3)28-15(18)2)24(32)17-7-11-20-21(12-8-17)26-22(27-23(20)31)16-5-9-19(25)10-6-16/h5-6,9-10,13,17H,4,7-8,11-12,14H2,1-3H3,(H,26,27,31). The highest BCUT2D eigenvalue weighted by Gasteiger charge is 2.28. The van der Waals surface area contributed by atoms with E-state index in [1.807, 2.05) is 32.0 Å². The SMILES string of the molecule is CCN(Cc1cn(C)nc1C)C(=O)C1CCc2nc(-c3ccc(F)cc3)[nH]c(=O)c2CC1. The molecule has 0 bridgehead atoms. The largest absolute Gasteiger partial charge is 0.338 e. The fourth-order valence-electron chi connectivity index (χ4n) is 4.39. The first-order valence-electron chi connectivity index (χ1n) is 11.0. The Morgan fingerprint density at radius 2 is 1.97 bits per heavy atom. The molecule has 1 amide bonds. The maximum Gasteiger partial charge on any atom is 0.254 e. The van der Waals surface area contributed by atoms with Crippen LogP contribution < -0.4 is 5.56 Å². The van der Waals surface area contributed by atoms with Crippen molar-refractivity contribution in [2.24, 2.45) is 13.0 Å². The van der Waals surface area contributed by atoms with E-state index in [0.29, 0.717) is 55.7 Å². The summed E-state index contributed by atoms with van der Waals surface area (Å²) in [5.74, 6) is 0.0449. The molecule has 3 aromatic rings. The number of hydrogen-bond acceptors (Lipinski definition) is 4. The molecular formula is C24H28FN5O2. The van der Waals surface area contributed by atoms with Gasteiger partial charge in [0.2, 0.25) is 5.91 Å². The van der Waals surface area contributed by atoms with Gasteiger partial charge in [0.1, 0.15) is 11.6 Å². The zero-order valence-electron chi connectivity index (χ0n) is 18.7. The number of fused-ring (bicyclic) bond motifs is 1. The van der Waals surface area contributed by atoms with E-state index < -0.39 is 0 Å². The van der Waals surface area contributed by atoms with E-state index in [1.54, 1.807) is 16.8 Å². The normalized spacial score (nSPS) is 15.8. The molecule has 0 fully saturated rings. The second kappa shape index (κ2) is 9.06. The summed E-state index contributed by atoms with van der Waals surface area (Å²) < 4.78 is 15.0. The number of halogens is 1. The maximum atomic E-state index is 13.3. The van der Waals surface area contributed by atoms with Crippen molar-refractivity contribution in [3.05, 3.63) is 69.1 Å². The number of H-pyrrole nitrogens is 1. The average Bonchev–Trinajstić information content (AvgIpc) is 2.96. The van der Waals surface area contributed by atoms with E-state index in [1.165, 1.54) is 12.1 Å². The van der Waals surface area contributed by atoms with Gasteiger partial charge in [-0.25, -0.2) is 9.37 Å². The minimum Gasteiger partial charge on any atom is -0.338 e. The molecule has 0 aliphatic heterocycles. The Labute approximate surface area is 186 Å². The van der Waals surface area contributed by atoms with Crippen LogP contribution in [0.4, 0.5) is 4.39 Å². The quantitative estimate of drug-likeness (QED) is 0.622. The van der Waals surface area contributed by atoms with Gasteiger partial charge in [0.05, 0.1) is 11.4 Å². The van der Waals surface area contributed by atoms with Gasteiger partial charge in [-0.1, -0.05) is 0 Å². The van der Waals surface area contributed by atoms with Gasteiger partial charge in [-0.05, 0) is 63.8 Å². The molecular weight excluding hydrogens is 409 g/mol. The number of carbonyl (C=O) groups is 1. The van der Waals surface area contributed by atoms with Crippen LogP contribution in [0.2, 0.25) is 0 Å². The summed E-state index contributed by atoms with van der Waals surface area (Å²) in [6.07, 6.45) is 4.30. The summed E-state index contributed by atoms with van der Waals surface area (Å²) in [5, 5.41) is 4.37. The molecule has 0 radical (unpaired) electrons. The molecule has 1 unspecified atom stereocenters. The van der Waals surface area contributed by atoms with Crippen molar-refractivity contribution in [1.82, 2.24) is 24.6 Å². The Kier molecular flexibility index (Phi) is 6.21. The Hall–Kier alpha value is -3.29. The van der Waals surface area contributed by atoms with Crippen LogP contribution in [-0.2, 0) is 31.2 Å². The highest BCUT2D eigenvalue weighted by Crippen LogP contribution is 2.26. The van der Waals surface area contributed by atoms with Crippen LogP contribution in [0.5, 0.6) is 0 Å². The Morgan fingerprint density at radius 1 is 1.25 bits per heavy atom. The number of amides is 1. The number of aromatic nitrogens is 4. The lowest BCUT2D eigenvalue weighted by Gasteiger charge is -2.25. The fourth-order valence-corrected chi connectivity index (χ4v) is 4.39. The molecule has 1 aromatic carbocycles. The zero-order chi connectivity index (χ0) is 22.8. The molecule has 0 saturated heterocycles. The first-order valence-corrected chi connectivity index (χ1v) is 11.0. The minimum absolute atomic E-state index is 0.110. The van der Waals surface area contributed by atoms with Crippen LogP contribution in [-0.4, -0.2) is 37.1 Å². The lowest BCUT2D eigenvalue weighted by Crippen LogP contribution is -2.36. The summed E-state index contributed by atoms with van der Waals surface area (Å²) in [5.41, 5.74) is 3.83. The number of aryl methyl sites for hydroxylation is 3. The molecule has 1 atom stereocenters. The van der Waals surface area contributed by atoms with E-state index >= 15 is 0 Å². The van der Waals surface area contributed by atoms with Gasteiger partial charge < -0.3 is 9.88 Å². The smallest absolute Gasteiger partial charge is 0.254 e. The second-order valence-corrected chi connectivity index (χ2v) is 8.39. The first-order chi connectivity index (χ1) is 15.4. The average molecular weight is 438 g/mol. The fraction of sp³-hybridized carbons (Fsp3) is 0.417. The third-order valence-corrected chi connectivity index (χ3v) is 6.21. The summed E-state index contributed by atoms with van der Waals surface area (Å²) in [6, 6.07) is 5.89. The summed E-state index contributed by atoms with van der Waals surface area (Å²) in [7, 11) is 1.88. The number of nitrogens with zero attached hydrogens (tertiary/aromatic N) is 4. The van der Waals surface area contributed by atoms with Crippen LogP contribution in [0.15, 0.2) is 35.3 Å². The van der Waals surface area contributed by atoms with Crippen molar-refractivity contribution < 1.29 is 9.18 Å². The number of hydrogen-bond donors (Lipinski definition) is 1. The number of nitrogens with one attached hydrogen (secondary N) is 1. The molecule has 7 nitrogen and oxygen atoms in total. The van der Waals surface area contributed by atoms with Gasteiger partial charge in [-0.15, -0.1) is 0 Å². The third-order valence-electron chi connectivity index (χ3n) is 6.21. The van der Waals surface area contributed by atoms with E-state index in [9.17, 15) is 14.0 Å². The zero-order valence-corrected chi connectivity index (χ0v) is 18.7. The molecule has 1 N–H and O–H groups in total. The lowest BCUT2D eigenvalue weighted by molar-refractivity contribution is -0.136. The van der Waals surface area contributed by atoms with Crippen LogP contribution in [0.1, 0.15) is 42.3 Å². The first kappa shape index (κ1) is 21.9. The van der Waals surface area contributed by atoms with E-state index in [0.717, 1.165) is 17.0 Å².